The number of benzene rings is 2. The van der Waals surface area contributed by atoms with Gasteiger partial charge in [-0.3, -0.25) is 0 Å². The SMILES string of the molecule is COc1cccc(N(C)c2cc(N)cc(S(N)(=O)=O)c2)c1. The second-order valence-electron chi connectivity index (χ2n) is 4.57. The van der Waals surface area contributed by atoms with Crippen LogP contribution < -0.4 is 20.5 Å². The first-order chi connectivity index (χ1) is 9.81. The van der Waals surface area contributed by atoms with Gasteiger partial charge >= 0.3 is 0 Å². The molecule has 0 aliphatic carbocycles. The third-order valence-corrected chi connectivity index (χ3v) is 3.96. The minimum absolute atomic E-state index is 0.0211. The van der Waals surface area contributed by atoms with Crippen LogP contribution in [0.4, 0.5) is 17.1 Å². The van der Waals surface area contributed by atoms with E-state index >= 15 is 0 Å². The molecule has 0 bridgehead atoms. The number of ether oxygens (including phenoxy) is 1. The van der Waals surface area contributed by atoms with Crippen LogP contribution in [0.15, 0.2) is 47.4 Å². The van der Waals surface area contributed by atoms with Crippen LogP contribution in [0.25, 0.3) is 0 Å². The first-order valence-electron chi connectivity index (χ1n) is 6.12. The Morgan fingerprint density at radius 1 is 1.10 bits per heavy atom. The highest BCUT2D eigenvalue weighted by Crippen LogP contribution is 2.29. The molecule has 6 nitrogen and oxygen atoms in total. The van der Waals surface area contributed by atoms with Crippen LogP contribution in [0.2, 0.25) is 0 Å². The molecule has 0 saturated heterocycles. The van der Waals surface area contributed by atoms with E-state index in [4.69, 9.17) is 15.6 Å². The van der Waals surface area contributed by atoms with Gasteiger partial charge in [-0.1, -0.05) is 6.07 Å². The van der Waals surface area contributed by atoms with E-state index in [0.717, 1.165) is 5.69 Å². The van der Waals surface area contributed by atoms with E-state index < -0.39 is 10.0 Å². The molecule has 0 aliphatic heterocycles. The van der Waals surface area contributed by atoms with E-state index in [0.29, 0.717) is 17.1 Å². The Bertz CT molecular complexity index is 760. The van der Waals surface area contributed by atoms with Crippen molar-refractivity contribution in [2.75, 3.05) is 24.8 Å². The van der Waals surface area contributed by atoms with Crippen molar-refractivity contribution in [3.05, 3.63) is 42.5 Å². The molecule has 0 amide bonds. The molecule has 112 valence electrons. The van der Waals surface area contributed by atoms with E-state index in [9.17, 15) is 8.42 Å². The second kappa shape index (κ2) is 5.63. The maximum Gasteiger partial charge on any atom is 0.238 e. The number of hydrogen-bond acceptors (Lipinski definition) is 5. The molecule has 0 radical (unpaired) electrons. The van der Waals surface area contributed by atoms with Gasteiger partial charge in [-0.15, -0.1) is 0 Å². The van der Waals surface area contributed by atoms with Gasteiger partial charge in [-0.05, 0) is 30.3 Å². The predicted molar refractivity (Wildman–Crippen MR) is 83.3 cm³/mol. The van der Waals surface area contributed by atoms with E-state index in [1.165, 1.54) is 12.1 Å². The number of anilines is 3. The first kappa shape index (κ1) is 15.1. The maximum atomic E-state index is 11.5. The highest BCUT2D eigenvalue weighted by molar-refractivity contribution is 7.89. The molecule has 21 heavy (non-hydrogen) atoms. The van der Waals surface area contributed by atoms with Gasteiger partial charge in [0.25, 0.3) is 0 Å². The lowest BCUT2D eigenvalue weighted by atomic mass is 10.2. The molecular formula is C14H17N3O3S. The molecule has 4 N–H and O–H groups in total. The molecule has 2 aromatic rings. The van der Waals surface area contributed by atoms with Crippen LogP contribution >= 0.6 is 0 Å². The zero-order valence-electron chi connectivity index (χ0n) is 11.8. The summed E-state index contributed by atoms with van der Waals surface area (Å²) in [6.45, 7) is 0. The quantitative estimate of drug-likeness (QED) is 0.838. The number of sulfonamides is 1. The Hall–Kier alpha value is -2.25. The van der Waals surface area contributed by atoms with E-state index in [2.05, 4.69) is 0 Å². The Morgan fingerprint density at radius 2 is 1.81 bits per heavy atom. The zero-order valence-corrected chi connectivity index (χ0v) is 12.6. The average Bonchev–Trinajstić information content (AvgIpc) is 2.45. The zero-order chi connectivity index (χ0) is 15.6. The molecule has 0 aliphatic rings. The molecule has 0 fully saturated rings. The summed E-state index contributed by atoms with van der Waals surface area (Å²) in [5.41, 5.74) is 7.53. The van der Waals surface area contributed by atoms with Crippen molar-refractivity contribution in [3.63, 3.8) is 0 Å². The smallest absolute Gasteiger partial charge is 0.238 e. The minimum Gasteiger partial charge on any atom is -0.497 e. The van der Waals surface area contributed by atoms with Gasteiger partial charge in [0.2, 0.25) is 10.0 Å². The maximum absolute atomic E-state index is 11.5. The number of primary sulfonamides is 1. The molecule has 2 rings (SSSR count). The average molecular weight is 307 g/mol. The Morgan fingerprint density at radius 3 is 2.43 bits per heavy atom. The van der Waals surface area contributed by atoms with Crippen molar-refractivity contribution in [1.29, 1.82) is 0 Å². The largest absolute Gasteiger partial charge is 0.497 e. The van der Waals surface area contributed by atoms with Gasteiger partial charge < -0.3 is 15.4 Å². The summed E-state index contributed by atoms with van der Waals surface area (Å²) in [5, 5.41) is 5.16. The van der Waals surface area contributed by atoms with Crippen molar-refractivity contribution in [2.24, 2.45) is 5.14 Å². The van der Waals surface area contributed by atoms with Crippen LogP contribution in [0, 0.1) is 0 Å². The minimum atomic E-state index is -3.81. The van der Waals surface area contributed by atoms with Gasteiger partial charge in [0.15, 0.2) is 0 Å². The number of nitrogen functional groups attached to an aromatic ring is 1. The molecule has 0 saturated carbocycles. The number of rotatable bonds is 4. The lowest BCUT2D eigenvalue weighted by Gasteiger charge is -2.21. The fourth-order valence-electron chi connectivity index (χ4n) is 1.93. The molecule has 0 aromatic heterocycles. The van der Waals surface area contributed by atoms with Crippen LogP contribution in [0.3, 0.4) is 0 Å². The number of nitrogens with two attached hydrogens (primary N) is 2. The van der Waals surface area contributed by atoms with Gasteiger partial charge in [0.05, 0.1) is 12.0 Å². The van der Waals surface area contributed by atoms with Crippen molar-refractivity contribution in [2.45, 2.75) is 4.90 Å². The highest BCUT2D eigenvalue weighted by atomic mass is 32.2. The van der Waals surface area contributed by atoms with Gasteiger partial charge in [0.1, 0.15) is 5.75 Å². The first-order valence-corrected chi connectivity index (χ1v) is 7.67. The molecule has 0 atom stereocenters. The van der Waals surface area contributed by atoms with Gasteiger partial charge in [-0.2, -0.15) is 0 Å². The van der Waals surface area contributed by atoms with Crippen molar-refractivity contribution >= 4 is 27.1 Å². The van der Waals surface area contributed by atoms with Gasteiger partial charge in [-0.25, -0.2) is 13.6 Å². The summed E-state index contributed by atoms with van der Waals surface area (Å²) in [6.07, 6.45) is 0. The molecule has 0 unspecified atom stereocenters. The van der Waals surface area contributed by atoms with Crippen LogP contribution in [-0.4, -0.2) is 22.6 Å². The van der Waals surface area contributed by atoms with E-state index in [-0.39, 0.29) is 4.90 Å². The highest BCUT2D eigenvalue weighted by Gasteiger charge is 2.13. The summed E-state index contributed by atoms with van der Waals surface area (Å²) in [6, 6.07) is 11.9. The molecule has 2 aromatic carbocycles. The van der Waals surface area contributed by atoms with Crippen molar-refractivity contribution in [1.82, 2.24) is 0 Å². The Balaban J connectivity index is 2.48. The summed E-state index contributed by atoms with van der Waals surface area (Å²) in [5.74, 6) is 0.704. The standard InChI is InChI=1S/C14H17N3O3S/c1-17(11-4-3-5-13(8-11)20-2)12-6-10(15)7-14(9-12)21(16,18)19/h3-9H,15H2,1-2H3,(H2,16,18,19). The van der Waals surface area contributed by atoms with E-state index in [1.807, 2.05) is 24.3 Å². The van der Waals surface area contributed by atoms with Gasteiger partial charge in [0, 0.05) is 30.2 Å². The molecular weight excluding hydrogens is 290 g/mol. The number of nitrogens with zero attached hydrogens (tertiary/aromatic N) is 1. The number of methoxy groups -OCH3 is 1. The summed E-state index contributed by atoms with van der Waals surface area (Å²) < 4.78 is 28.1. The van der Waals surface area contributed by atoms with Crippen molar-refractivity contribution in [3.8, 4) is 5.75 Å². The lowest BCUT2D eigenvalue weighted by molar-refractivity contribution is 0.415. The third kappa shape index (κ3) is 3.45. The summed E-state index contributed by atoms with van der Waals surface area (Å²) in [7, 11) is -0.424. The van der Waals surface area contributed by atoms with Crippen LogP contribution in [0.5, 0.6) is 5.75 Å². The van der Waals surface area contributed by atoms with E-state index in [1.54, 1.807) is 25.1 Å². The Labute approximate surface area is 124 Å². The topological polar surface area (TPSA) is 98.7 Å². The monoisotopic (exact) mass is 307 g/mol. The number of hydrogen-bond donors (Lipinski definition) is 2. The molecule has 0 heterocycles. The van der Waals surface area contributed by atoms with Crippen LogP contribution in [-0.2, 0) is 10.0 Å². The van der Waals surface area contributed by atoms with Crippen molar-refractivity contribution < 1.29 is 13.2 Å². The van der Waals surface area contributed by atoms with Crippen LogP contribution in [0.1, 0.15) is 0 Å². The summed E-state index contributed by atoms with van der Waals surface area (Å²) >= 11 is 0. The third-order valence-electron chi connectivity index (χ3n) is 3.07. The predicted octanol–water partition coefficient (Wildman–Crippen LogP) is 1.69. The fourth-order valence-corrected chi connectivity index (χ4v) is 2.52. The fraction of sp³-hybridized carbons (Fsp3) is 0.143. The lowest BCUT2D eigenvalue weighted by Crippen LogP contribution is -2.15. The normalized spacial score (nSPS) is 11.2. The molecule has 7 heteroatoms. The molecule has 0 spiro atoms. The summed E-state index contributed by atoms with van der Waals surface area (Å²) in [4.78, 5) is 1.78. The second-order valence-corrected chi connectivity index (χ2v) is 6.13. The Kier molecular flexibility index (Phi) is 4.06.